The third-order valence-electron chi connectivity index (χ3n) is 4.74. The summed E-state index contributed by atoms with van der Waals surface area (Å²) < 4.78 is 7.50. The molecule has 3 aromatic rings. The molecule has 0 saturated carbocycles. The Balaban J connectivity index is 1.44. The van der Waals surface area contributed by atoms with Crippen molar-refractivity contribution in [2.45, 2.75) is 45.8 Å². The second kappa shape index (κ2) is 6.80. The Bertz CT molecular complexity index is 853. The van der Waals surface area contributed by atoms with Crippen molar-refractivity contribution in [3.8, 4) is 11.5 Å². The van der Waals surface area contributed by atoms with Crippen LogP contribution in [0.1, 0.15) is 29.8 Å². The van der Waals surface area contributed by atoms with E-state index in [0.29, 0.717) is 11.9 Å². The molecule has 1 aromatic carbocycles. The molecule has 3 heterocycles. The minimum Gasteiger partial charge on any atom is -0.334 e. The Morgan fingerprint density at radius 3 is 2.96 bits per heavy atom. The smallest absolute Gasteiger partial charge is 0.257 e. The average Bonchev–Trinajstić information content (AvgIpc) is 3.31. The first-order valence-electron chi connectivity index (χ1n) is 8.80. The first kappa shape index (κ1) is 16.0. The van der Waals surface area contributed by atoms with Gasteiger partial charge in [-0.05, 0) is 50.9 Å². The molecule has 0 amide bonds. The summed E-state index contributed by atoms with van der Waals surface area (Å²) in [5, 5.41) is 8.59. The van der Waals surface area contributed by atoms with Crippen LogP contribution < -0.4 is 0 Å². The Labute approximate surface area is 147 Å². The molecule has 0 unspecified atom stereocenters. The van der Waals surface area contributed by atoms with Gasteiger partial charge in [0.15, 0.2) is 5.82 Å². The second-order valence-electron chi connectivity index (χ2n) is 6.89. The molecular formula is C19H23N5O. The molecule has 0 N–H and O–H groups in total. The number of likely N-dealkylation sites (tertiary alicyclic amines) is 1. The maximum atomic E-state index is 5.47. The molecule has 2 aromatic heterocycles. The van der Waals surface area contributed by atoms with Crippen molar-refractivity contribution in [2.75, 3.05) is 6.54 Å². The molecule has 6 heteroatoms. The number of rotatable bonds is 5. The van der Waals surface area contributed by atoms with Gasteiger partial charge in [0.05, 0.1) is 19.3 Å². The minimum atomic E-state index is 0.472. The van der Waals surface area contributed by atoms with Gasteiger partial charge in [0.1, 0.15) is 0 Å². The van der Waals surface area contributed by atoms with Gasteiger partial charge in [-0.2, -0.15) is 10.1 Å². The van der Waals surface area contributed by atoms with Gasteiger partial charge in [0, 0.05) is 17.8 Å². The highest BCUT2D eigenvalue weighted by Gasteiger charge is 2.26. The Morgan fingerprint density at radius 2 is 2.16 bits per heavy atom. The van der Waals surface area contributed by atoms with E-state index in [1.54, 1.807) is 0 Å². The molecule has 0 spiro atoms. The van der Waals surface area contributed by atoms with E-state index in [1.165, 1.54) is 24.0 Å². The lowest BCUT2D eigenvalue weighted by Gasteiger charge is -2.22. The SMILES string of the molecule is Cc1cccc(-c2nc(CN3CCC[C@@H]3Cn3cc(C)cn3)no2)c1. The molecule has 6 nitrogen and oxygen atoms in total. The van der Waals surface area contributed by atoms with Crippen LogP contribution in [-0.2, 0) is 13.1 Å². The summed E-state index contributed by atoms with van der Waals surface area (Å²) >= 11 is 0. The number of hydrogen-bond donors (Lipinski definition) is 0. The maximum Gasteiger partial charge on any atom is 0.257 e. The monoisotopic (exact) mass is 337 g/mol. The van der Waals surface area contributed by atoms with E-state index < -0.39 is 0 Å². The molecular weight excluding hydrogens is 314 g/mol. The molecule has 1 aliphatic rings. The van der Waals surface area contributed by atoms with Crippen LogP contribution in [0.5, 0.6) is 0 Å². The lowest BCUT2D eigenvalue weighted by molar-refractivity contribution is 0.211. The van der Waals surface area contributed by atoms with Gasteiger partial charge in [-0.25, -0.2) is 0 Å². The van der Waals surface area contributed by atoms with Crippen LogP contribution in [0.4, 0.5) is 0 Å². The number of benzene rings is 1. The van der Waals surface area contributed by atoms with E-state index in [9.17, 15) is 0 Å². The van der Waals surface area contributed by atoms with Crippen molar-refractivity contribution in [2.24, 2.45) is 0 Å². The quantitative estimate of drug-likeness (QED) is 0.715. The van der Waals surface area contributed by atoms with Crippen LogP contribution in [0.15, 0.2) is 41.2 Å². The van der Waals surface area contributed by atoms with Crippen LogP contribution in [-0.4, -0.2) is 37.4 Å². The first-order chi connectivity index (χ1) is 12.2. The van der Waals surface area contributed by atoms with Gasteiger partial charge in [-0.3, -0.25) is 9.58 Å². The van der Waals surface area contributed by atoms with Gasteiger partial charge >= 0.3 is 0 Å². The summed E-state index contributed by atoms with van der Waals surface area (Å²) in [6, 6.07) is 8.61. The van der Waals surface area contributed by atoms with E-state index in [1.807, 2.05) is 23.0 Å². The summed E-state index contributed by atoms with van der Waals surface area (Å²) in [5.41, 5.74) is 3.36. The number of aromatic nitrogens is 4. The largest absolute Gasteiger partial charge is 0.334 e. The standard InChI is InChI=1S/C19H23N5O/c1-14-5-3-6-16(9-14)19-21-18(22-25-19)13-23-8-4-7-17(23)12-24-11-15(2)10-20-24/h3,5-6,9-11,17H,4,7-8,12-13H2,1-2H3/t17-/m1/s1. The summed E-state index contributed by atoms with van der Waals surface area (Å²) in [4.78, 5) is 7.02. The predicted molar refractivity (Wildman–Crippen MR) is 94.9 cm³/mol. The van der Waals surface area contributed by atoms with Crippen molar-refractivity contribution in [3.05, 3.63) is 53.6 Å². The molecule has 0 radical (unpaired) electrons. The third kappa shape index (κ3) is 3.64. The fourth-order valence-corrected chi connectivity index (χ4v) is 3.49. The van der Waals surface area contributed by atoms with E-state index in [0.717, 1.165) is 31.0 Å². The van der Waals surface area contributed by atoms with Gasteiger partial charge < -0.3 is 4.52 Å². The average molecular weight is 337 g/mol. The normalized spacial score (nSPS) is 18.1. The Hall–Kier alpha value is -2.47. The highest BCUT2D eigenvalue weighted by atomic mass is 16.5. The zero-order valence-corrected chi connectivity index (χ0v) is 14.7. The fraction of sp³-hybridized carbons (Fsp3) is 0.421. The highest BCUT2D eigenvalue weighted by molar-refractivity contribution is 5.53. The Morgan fingerprint density at radius 1 is 1.24 bits per heavy atom. The second-order valence-corrected chi connectivity index (χ2v) is 6.89. The summed E-state index contributed by atoms with van der Waals surface area (Å²) in [5.74, 6) is 1.34. The van der Waals surface area contributed by atoms with E-state index in [-0.39, 0.29) is 0 Å². The van der Waals surface area contributed by atoms with Gasteiger partial charge in [-0.15, -0.1) is 0 Å². The third-order valence-corrected chi connectivity index (χ3v) is 4.74. The summed E-state index contributed by atoms with van der Waals surface area (Å²) in [6.45, 7) is 6.84. The molecule has 1 saturated heterocycles. The molecule has 1 aliphatic heterocycles. The first-order valence-corrected chi connectivity index (χ1v) is 8.80. The molecule has 0 bridgehead atoms. The minimum absolute atomic E-state index is 0.472. The number of nitrogens with zero attached hydrogens (tertiary/aromatic N) is 5. The van der Waals surface area contributed by atoms with E-state index >= 15 is 0 Å². The molecule has 25 heavy (non-hydrogen) atoms. The van der Waals surface area contributed by atoms with E-state index in [2.05, 4.69) is 52.3 Å². The van der Waals surface area contributed by atoms with Gasteiger partial charge in [0.25, 0.3) is 5.89 Å². The maximum absolute atomic E-state index is 5.47. The number of aryl methyl sites for hydroxylation is 2. The van der Waals surface area contributed by atoms with Crippen molar-refractivity contribution in [1.29, 1.82) is 0 Å². The molecule has 130 valence electrons. The van der Waals surface area contributed by atoms with Gasteiger partial charge in [0.2, 0.25) is 0 Å². The molecule has 4 rings (SSSR count). The van der Waals surface area contributed by atoms with Crippen LogP contribution in [0.3, 0.4) is 0 Å². The van der Waals surface area contributed by atoms with Gasteiger partial charge in [-0.1, -0.05) is 22.9 Å². The van der Waals surface area contributed by atoms with Crippen molar-refractivity contribution in [3.63, 3.8) is 0 Å². The fourth-order valence-electron chi connectivity index (χ4n) is 3.49. The predicted octanol–water partition coefficient (Wildman–Crippen LogP) is 3.21. The van der Waals surface area contributed by atoms with Crippen molar-refractivity contribution >= 4 is 0 Å². The molecule has 1 atom stereocenters. The molecule has 1 fully saturated rings. The van der Waals surface area contributed by atoms with E-state index in [4.69, 9.17) is 4.52 Å². The van der Waals surface area contributed by atoms with Crippen LogP contribution in [0.25, 0.3) is 11.5 Å². The highest BCUT2D eigenvalue weighted by Crippen LogP contribution is 2.23. The zero-order chi connectivity index (χ0) is 17.2. The van der Waals surface area contributed by atoms with Crippen molar-refractivity contribution < 1.29 is 4.52 Å². The Kier molecular flexibility index (Phi) is 4.36. The van der Waals surface area contributed by atoms with Crippen molar-refractivity contribution in [1.82, 2.24) is 24.8 Å². The van der Waals surface area contributed by atoms with Crippen LogP contribution in [0, 0.1) is 13.8 Å². The lowest BCUT2D eigenvalue weighted by atomic mass is 10.1. The summed E-state index contributed by atoms with van der Waals surface area (Å²) in [6.07, 6.45) is 6.39. The summed E-state index contributed by atoms with van der Waals surface area (Å²) in [7, 11) is 0. The van der Waals surface area contributed by atoms with Crippen LogP contribution >= 0.6 is 0 Å². The lowest BCUT2D eigenvalue weighted by Crippen LogP contribution is -2.33. The van der Waals surface area contributed by atoms with Crippen LogP contribution in [0.2, 0.25) is 0 Å². The zero-order valence-electron chi connectivity index (χ0n) is 14.7. The molecule has 0 aliphatic carbocycles. The number of hydrogen-bond acceptors (Lipinski definition) is 5. The topological polar surface area (TPSA) is 60.0 Å².